The van der Waals surface area contributed by atoms with E-state index in [1.807, 2.05) is 16.0 Å². The third-order valence-electron chi connectivity index (χ3n) is 8.26. The van der Waals surface area contributed by atoms with E-state index in [-0.39, 0.29) is 16.9 Å². The van der Waals surface area contributed by atoms with E-state index in [9.17, 15) is 59.2 Å². The monoisotopic (exact) mass is 952 g/mol. The molecule has 6 unspecified atom stereocenters. The molecule has 0 fully saturated rings. The van der Waals surface area contributed by atoms with Gasteiger partial charge in [-0.25, -0.2) is 25.0 Å². The summed E-state index contributed by atoms with van der Waals surface area (Å²) < 4.78 is 0. The average molecular weight is 953 g/mol. The number of aliphatic imine (C=N–C) groups is 4. The van der Waals surface area contributed by atoms with Gasteiger partial charge in [-0.3, -0.25) is 49.0 Å². The van der Waals surface area contributed by atoms with E-state index in [4.69, 9.17) is 51.6 Å². The lowest BCUT2D eigenvalue weighted by Gasteiger charge is -2.29. The van der Waals surface area contributed by atoms with E-state index in [0.29, 0.717) is 17.2 Å². The second-order valence-corrected chi connectivity index (χ2v) is 13.3. The fourth-order valence-electron chi connectivity index (χ4n) is 5.36. The predicted octanol–water partition coefficient (Wildman–Crippen LogP) is -7.87. The highest BCUT2D eigenvalue weighted by atomic mass is 16.6. The van der Waals surface area contributed by atoms with Crippen LogP contribution in [-0.2, 0) is 35.3 Å². The molecule has 68 heavy (non-hydrogen) atoms. The number of nitrogens with two attached hydrogens (primary N) is 9. The topological polar surface area (TPSA) is 589 Å². The van der Waals surface area contributed by atoms with Crippen molar-refractivity contribution in [2.75, 3.05) is 4.90 Å². The Morgan fingerprint density at radius 3 is 1.49 bits per heavy atom. The number of nitrogens with zero attached hydrogens (tertiary/aromatic N) is 8. The fourth-order valence-corrected chi connectivity index (χ4v) is 5.36. The highest BCUT2D eigenvalue weighted by Crippen LogP contribution is 2.32. The van der Waals surface area contributed by atoms with Crippen LogP contribution in [0.25, 0.3) is 0 Å². The minimum absolute atomic E-state index is 0.0286. The van der Waals surface area contributed by atoms with Gasteiger partial charge in [0.1, 0.15) is 18.0 Å². The molecule has 362 valence electrons. The van der Waals surface area contributed by atoms with Crippen LogP contribution in [0.4, 0.5) is 17.2 Å². The highest BCUT2D eigenvalue weighted by molar-refractivity contribution is 5.99. The van der Waals surface area contributed by atoms with Crippen LogP contribution >= 0.6 is 0 Å². The van der Waals surface area contributed by atoms with E-state index in [1.54, 1.807) is 0 Å². The summed E-state index contributed by atoms with van der Waals surface area (Å²) in [5.74, 6) is -12.4. The molecule has 0 aliphatic carbocycles. The molecular formula is C34H44N22O12. The minimum atomic E-state index is -2.48. The number of pyridine rings is 1. The van der Waals surface area contributed by atoms with E-state index in [2.05, 4.69) is 35.6 Å². The maximum absolute atomic E-state index is 14.1. The number of primary amides is 1. The van der Waals surface area contributed by atoms with Gasteiger partial charge >= 0.3 is 5.69 Å². The molecule has 6 amide bonds. The van der Waals surface area contributed by atoms with Crippen LogP contribution in [0, 0.1) is 20.2 Å². The summed E-state index contributed by atoms with van der Waals surface area (Å²) in [5, 5.41) is 55.2. The number of anilines is 1. The van der Waals surface area contributed by atoms with Crippen LogP contribution in [0.15, 0.2) is 86.8 Å². The lowest BCUT2D eigenvalue weighted by molar-refractivity contribution is -0.394. The number of nitro groups is 2. The van der Waals surface area contributed by atoms with Crippen molar-refractivity contribution in [2.24, 2.45) is 71.6 Å². The molecule has 2 aromatic carbocycles. The molecular weight excluding hydrogens is 909 g/mol. The Hall–Kier alpha value is -10.2. The number of benzene rings is 2. The number of aliphatic hydroxyl groups excluding tert-OH is 1. The van der Waals surface area contributed by atoms with E-state index >= 15 is 0 Å². The maximum Gasteiger partial charge on any atom is 0.318 e. The number of rotatable bonds is 22. The first-order valence-electron chi connectivity index (χ1n) is 18.6. The number of phenolic OH excluding ortho intramolecular Hbond substituents is 1. The Labute approximate surface area is 380 Å². The van der Waals surface area contributed by atoms with Gasteiger partial charge < -0.3 is 93.3 Å². The average Bonchev–Trinajstić information content (AvgIpc) is 3.25. The van der Waals surface area contributed by atoms with Crippen molar-refractivity contribution in [3.05, 3.63) is 98.2 Å². The third kappa shape index (κ3) is 15.3. The summed E-state index contributed by atoms with van der Waals surface area (Å²) in [6.45, 7) is -0.566. The number of carbonyl (C=O) groups is 6. The molecule has 3 aromatic rings. The van der Waals surface area contributed by atoms with E-state index in [0.717, 1.165) is 0 Å². The van der Waals surface area contributed by atoms with Crippen LogP contribution in [-0.4, -0.2) is 115 Å². The molecule has 3 rings (SSSR count). The van der Waals surface area contributed by atoms with Crippen molar-refractivity contribution < 1.29 is 48.8 Å². The van der Waals surface area contributed by atoms with Crippen molar-refractivity contribution in [1.82, 2.24) is 31.6 Å². The Balaban J connectivity index is 2.01. The molecule has 0 aliphatic rings. The molecule has 25 N–H and O–H groups in total. The number of nitrogens with one attached hydrogen (secondary N) is 5. The molecule has 0 radical (unpaired) electrons. The van der Waals surface area contributed by atoms with E-state index < -0.39 is 130 Å². The first-order valence-corrected chi connectivity index (χ1v) is 18.6. The number of hydrogen-bond donors (Lipinski definition) is 16. The van der Waals surface area contributed by atoms with Crippen LogP contribution < -0.4 is 83.1 Å². The molecule has 0 bridgehead atoms. The van der Waals surface area contributed by atoms with Gasteiger partial charge in [0.05, 0.1) is 15.9 Å². The lowest BCUT2D eigenvalue weighted by Crippen LogP contribution is -2.58. The number of phenols is 1. The quantitative estimate of drug-likeness (QED) is 0.0146. The molecule has 34 heteroatoms. The second kappa shape index (κ2) is 23.5. The number of amides is 6. The Morgan fingerprint density at radius 2 is 1.06 bits per heavy atom. The zero-order valence-corrected chi connectivity index (χ0v) is 34.8. The number of hydrogen-bond acceptors (Lipinski definition) is 18. The van der Waals surface area contributed by atoms with Crippen molar-refractivity contribution in [2.45, 2.75) is 43.5 Å². The van der Waals surface area contributed by atoms with Crippen LogP contribution in [0.2, 0.25) is 0 Å². The molecule has 6 atom stereocenters. The molecule has 1 heterocycles. The molecule has 0 saturated heterocycles. The van der Waals surface area contributed by atoms with Gasteiger partial charge in [-0.05, 0) is 23.3 Å². The van der Waals surface area contributed by atoms with Gasteiger partial charge in [-0.15, -0.1) is 0 Å². The van der Waals surface area contributed by atoms with Gasteiger partial charge in [0.2, 0.25) is 42.6 Å². The molecule has 0 saturated carbocycles. The highest BCUT2D eigenvalue weighted by Gasteiger charge is 2.37. The van der Waals surface area contributed by atoms with Gasteiger partial charge in [-0.2, -0.15) is 0 Å². The van der Waals surface area contributed by atoms with Gasteiger partial charge in [-0.1, -0.05) is 42.5 Å². The summed E-state index contributed by atoms with van der Waals surface area (Å²) in [6.07, 6.45) is -10.3. The normalized spacial score (nSPS) is 13.1. The first kappa shape index (κ1) is 52.2. The fraction of sp³-hybridized carbons (Fsp3) is 0.206. The van der Waals surface area contributed by atoms with Crippen LogP contribution in [0.5, 0.6) is 5.75 Å². The summed E-state index contributed by atoms with van der Waals surface area (Å²) in [5.41, 5.74) is 46.9. The number of guanidine groups is 4. The molecule has 34 nitrogen and oxygen atoms in total. The van der Waals surface area contributed by atoms with Crippen LogP contribution in [0.1, 0.15) is 17.2 Å². The number of aromatic hydroxyl groups is 1. The number of aromatic nitrogens is 1. The molecule has 0 aliphatic heterocycles. The first-order chi connectivity index (χ1) is 31.9. The van der Waals surface area contributed by atoms with Crippen molar-refractivity contribution in [1.29, 1.82) is 0 Å². The second-order valence-electron chi connectivity index (χ2n) is 13.3. The smallest absolute Gasteiger partial charge is 0.318 e. The summed E-state index contributed by atoms with van der Waals surface area (Å²) in [4.78, 5) is 120. The van der Waals surface area contributed by atoms with E-state index in [1.165, 1.54) is 54.6 Å². The SMILES string of the molecule is NC(=O)C(N=C(N)N)NC(=O)C(N=C(N)N)NC(=O)C(N=C(N)N)NC(=O)C(N=C(N)N)NC(=O)C(NC(=O)C(O)N(Cc1ccc(O)cc1)c1ncc([N+](=O)[O-])cc1[N+](=O)[O-])c1ccccc1. The van der Waals surface area contributed by atoms with Crippen LogP contribution in [0.3, 0.4) is 0 Å². The Bertz CT molecular complexity index is 2510. The number of aliphatic hydroxyl groups is 1. The van der Waals surface area contributed by atoms with Gasteiger partial charge in [0, 0.05) is 6.54 Å². The van der Waals surface area contributed by atoms with Crippen molar-refractivity contribution >= 4 is 76.5 Å². The predicted molar refractivity (Wildman–Crippen MR) is 235 cm³/mol. The third-order valence-corrected chi connectivity index (χ3v) is 8.26. The molecule has 1 aromatic heterocycles. The molecule has 0 spiro atoms. The summed E-state index contributed by atoms with van der Waals surface area (Å²) >= 11 is 0. The van der Waals surface area contributed by atoms with Gasteiger partial charge in [0.25, 0.3) is 35.2 Å². The van der Waals surface area contributed by atoms with Gasteiger partial charge in [0.15, 0.2) is 23.8 Å². The standard InChI is InChI=1S/C34H44N22O12/c35-19(58)20(50-31(36)37)46-26(60)22(52-33(40)41)48-28(62)23(53-34(42)43)49-27(61)21(51-32(38)39)47-25(59)18(14-4-2-1-3-5-14)45-29(63)30(64)54(12-13-6-8-16(57)9-7-13)24-17(56(67)68)10-15(11-44-24)55(65)66/h1-11,18,20-23,30,57,64H,12H2,(H2,35,58)(H,45,63)(H,46,60)(H,47,59)(H,48,62)(H,49,61)(H4,36,37,50)(H4,38,39,51)(H4,40,41,52)(H4,42,43,53). The lowest BCUT2D eigenvalue weighted by atomic mass is 10.1. The minimum Gasteiger partial charge on any atom is -0.508 e. The zero-order valence-electron chi connectivity index (χ0n) is 34.8. The Morgan fingerprint density at radius 1 is 0.618 bits per heavy atom. The largest absolute Gasteiger partial charge is 0.508 e. The maximum atomic E-state index is 14.1. The van der Waals surface area contributed by atoms with Crippen molar-refractivity contribution in [3.63, 3.8) is 0 Å². The zero-order chi connectivity index (χ0) is 51.0. The van der Waals surface area contributed by atoms with Crippen molar-refractivity contribution in [3.8, 4) is 5.75 Å². The number of carbonyl (C=O) groups excluding carboxylic acids is 6. The summed E-state index contributed by atoms with van der Waals surface area (Å²) in [6, 6.07) is 10.7. The Kier molecular flexibility index (Phi) is 18.0. The summed E-state index contributed by atoms with van der Waals surface area (Å²) in [7, 11) is 0.